The van der Waals surface area contributed by atoms with Crippen molar-refractivity contribution in [3.05, 3.63) is 45.6 Å². The minimum absolute atomic E-state index is 0.0958. The Kier molecular flexibility index (Phi) is 7.70. The molecule has 0 fully saturated rings. The maximum Gasteiger partial charge on any atom is 0.336 e. The van der Waals surface area contributed by atoms with E-state index in [1.165, 1.54) is 28.4 Å². The summed E-state index contributed by atoms with van der Waals surface area (Å²) in [5.74, 6) is -2.52. The molecule has 1 aromatic carbocycles. The minimum atomic E-state index is -0.814. The Morgan fingerprint density at radius 2 is 1.63 bits per heavy atom. The van der Waals surface area contributed by atoms with Crippen molar-refractivity contribution in [2.75, 3.05) is 41.7 Å². The van der Waals surface area contributed by atoms with Gasteiger partial charge in [0.25, 0.3) is 0 Å². The molecule has 7 nitrogen and oxygen atoms in total. The summed E-state index contributed by atoms with van der Waals surface area (Å²) in [5, 5.41) is 0. The van der Waals surface area contributed by atoms with Gasteiger partial charge in [-0.25, -0.2) is 4.79 Å². The van der Waals surface area contributed by atoms with Crippen LogP contribution in [0.1, 0.15) is 11.5 Å². The Labute approximate surface area is 166 Å². The topological polar surface area (TPSA) is 83.4 Å². The fourth-order valence-electron chi connectivity index (χ4n) is 3.14. The Balaban J connectivity index is 2.74. The second-order valence-electron chi connectivity index (χ2n) is 5.85. The number of ether oxygens (including phenoxy) is 4. The van der Waals surface area contributed by atoms with E-state index in [9.17, 15) is 9.59 Å². The molecule has 0 amide bonds. The van der Waals surface area contributed by atoms with E-state index in [0.29, 0.717) is 11.4 Å². The standard InChI is InChI=1S/C19H22BrNO6/c1-24-9-13-16(18(22)26-3)15(11-5-7-12(20)8-6-11)17(19(23)27-4)14(21-13)10-25-2/h5-8,15-16H,9-10H2,1-4H3. The van der Waals surface area contributed by atoms with E-state index >= 15 is 0 Å². The van der Waals surface area contributed by atoms with Gasteiger partial charge in [-0.05, 0) is 17.7 Å². The van der Waals surface area contributed by atoms with Crippen molar-refractivity contribution >= 4 is 33.6 Å². The molecule has 0 radical (unpaired) electrons. The van der Waals surface area contributed by atoms with Gasteiger partial charge in [-0.3, -0.25) is 9.79 Å². The fraction of sp³-hybridized carbons (Fsp3) is 0.421. The van der Waals surface area contributed by atoms with Gasteiger partial charge in [0, 0.05) is 24.6 Å². The van der Waals surface area contributed by atoms with Gasteiger partial charge in [0.05, 0.1) is 44.4 Å². The van der Waals surface area contributed by atoms with Crippen LogP contribution < -0.4 is 0 Å². The maximum atomic E-state index is 12.6. The summed E-state index contributed by atoms with van der Waals surface area (Å²) >= 11 is 3.40. The Hall–Kier alpha value is -2.03. The molecular weight excluding hydrogens is 418 g/mol. The number of aliphatic imine (C=N–C) groups is 1. The lowest BCUT2D eigenvalue weighted by Gasteiger charge is -2.32. The van der Waals surface area contributed by atoms with Gasteiger partial charge in [0.2, 0.25) is 0 Å². The summed E-state index contributed by atoms with van der Waals surface area (Å²) in [4.78, 5) is 29.8. The summed E-state index contributed by atoms with van der Waals surface area (Å²) in [7, 11) is 5.62. The molecule has 1 aliphatic heterocycles. The molecule has 0 aromatic heterocycles. The molecule has 8 heteroatoms. The van der Waals surface area contributed by atoms with Crippen LogP contribution >= 0.6 is 15.9 Å². The van der Waals surface area contributed by atoms with E-state index in [0.717, 1.165) is 10.0 Å². The molecular formula is C19H22BrNO6. The second kappa shape index (κ2) is 9.77. The molecule has 146 valence electrons. The van der Waals surface area contributed by atoms with E-state index in [4.69, 9.17) is 18.9 Å². The van der Waals surface area contributed by atoms with Gasteiger partial charge in [-0.2, -0.15) is 0 Å². The van der Waals surface area contributed by atoms with Crippen molar-refractivity contribution in [3.8, 4) is 0 Å². The second-order valence-corrected chi connectivity index (χ2v) is 6.77. The van der Waals surface area contributed by atoms with Gasteiger partial charge in [-0.15, -0.1) is 0 Å². The monoisotopic (exact) mass is 439 g/mol. The molecule has 0 aliphatic carbocycles. The minimum Gasteiger partial charge on any atom is -0.468 e. The van der Waals surface area contributed by atoms with Gasteiger partial charge in [0.1, 0.15) is 5.92 Å². The Bertz CT molecular complexity index is 756. The molecule has 2 unspecified atom stereocenters. The highest BCUT2D eigenvalue weighted by Crippen LogP contribution is 2.40. The van der Waals surface area contributed by atoms with Gasteiger partial charge in [-0.1, -0.05) is 28.1 Å². The zero-order chi connectivity index (χ0) is 20.0. The van der Waals surface area contributed by atoms with Crippen LogP contribution in [0.25, 0.3) is 0 Å². The first-order valence-electron chi connectivity index (χ1n) is 8.18. The molecule has 2 atom stereocenters. The highest BCUT2D eigenvalue weighted by molar-refractivity contribution is 9.10. The number of methoxy groups -OCH3 is 4. The fourth-order valence-corrected chi connectivity index (χ4v) is 3.41. The van der Waals surface area contributed by atoms with Crippen molar-refractivity contribution < 1.29 is 28.5 Å². The smallest absolute Gasteiger partial charge is 0.336 e. The summed E-state index contributed by atoms with van der Waals surface area (Å²) in [6.07, 6.45) is 0. The highest BCUT2D eigenvalue weighted by atomic mass is 79.9. The lowest BCUT2D eigenvalue weighted by molar-refractivity contribution is -0.144. The molecule has 1 aliphatic rings. The zero-order valence-corrected chi connectivity index (χ0v) is 17.2. The first kappa shape index (κ1) is 21.3. The molecule has 0 saturated heterocycles. The van der Waals surface area contributed by atoms with Crippen LogP contribution in [0.5, 0.6) is 0 Å². The SMILES string of the molecule is COCC1=NC(COC)=C(C(=O)OC)C(c2ccc(Br)cc2)C1C(=O)OC. The van der Waals surface area contributed by atoms with Gasteiger partial charge >= 0.3 is 11.9 Å². The van der Waals surface area contributed by atoms with Crippen LogP contribution in [0.4, 0.5) is 0 Å². The third-order valence-corrected chi connectivity index (χ3v) is 4.78. The van der Waals surface area contributed by atoms with Crippen molar-refractivity contribution in [1.29, 1.82) is 0 Å². The van der Waals surface area contributed by atoms with Crippen LogP contribution in [0.3, 0.4) is 0 Å². The summed E-state index contributed by atoms with van der Waals surface area (Å²) in [6.45, 7) is 0.215. The number of halogens is 1. The quantitative estimate of drug-likeness (QED) is 0.606. The van der Waals surface area contributed by atoms with E-state index in [1.54, 1.807) is 0 Å². The maximum absolute atomic E-state index is 12.6. The molecule has 0 spiro atoms. The number of hydrogen-bond acceptors (Lipinski definition) is 7. The van der Waals surface area contributed by atoms with Gasteiger partial charge < -0.3 is 18.9 Å². The van der Waals surface area contributed by atoms with Crippen LogP contribution in [0.15, 0.2) is 45.0 Å². The normalized spacial score (nSPS) is 19.5. The van der Waals surface area contributed by atoms with E-state index in [-0.39, 0.29) is 18.8 Å². The molecule has 2 rings (SSSR count). The lowest BCUT2D eigenvalue weighted by atomic mass is 9.75. The lowest BCUT2D eigenvalue weighted by Crippen LogP contribution is -2.39. The number of hydrogen-bond donors (Lipinski definition) is 0. The van der Waals surface area contributed by atoms with Gasteiger partial charge in [0.15, 0.2) is 0 Å². The van der Waals surface area contributed by atoms with Crippen molar-refractivity contribution in [2.45, 2.75) is 5.92 Å². The number of carbonyl (C=O) groups is 2. The van der Waals surface area contributed by atoms with E-state index < -0.39 is 23.8 Å². The predicted octanol–water partition coefficient (Wildman–Crippen LogP) is 2.50. The Morgan fingerprint density at radius 3 is 2.15 bits per heavy atom. The number of carbonyl (C=O) groups excluding carboxylic acids is 2. The average molecular weight is 440 g/mol. The molecule has 0 saturated carbocycles. The summed E-state index contributed by atoms with van der Waals surface area (Å²) < 4.78 is 21.3. The summed E-state index contributed by atoms with van der Waals surface area (Å²) in [5.41, 5.74) is 1.91. The average Bonchev–Trinajstić information content (AvgIpc) is 2.67. The van der Waals surface area contributed by atoms with Crippen molar-refractivity contribution in [1.82, 2.24) is 0 Å². The zero-order valence-electron chi connectivity index (χ0n) is 15.7. The van der Waals surface area contributed by atoms with E-state index in [1.807, 2.05) is 24.3 Å². The van der Waals surface area contributed by atoms with Crippen LogP contribution in [0.2, 0.25) is 0 Å². The summed E-state index contributed by atoms with van der Waals surface area (Å²) in [6, 6.07) is 7.37. The first-order chi connectivity index (χ1) is 13.0. The number of benzene rings is 1. The third-order valence-electron chi connectivity index (χ3n) is 4.26. The number of rotatable bonds is 7. The van der Waals surface area contributed by atoms with Crippen LogP contribution in [-0.2, 0) is 28.5 Å². The predicted molar refractivity (Wildman–Crippen MR) is 103 cm³/mol. The molecule has 1 heterocycles. The molecule has 0 bridgehead atoms. The largest absolute Gasteiger partial charge is 0.468 e. The molecule has 27 heavy (non-hydrogen) atoms. The van der Waals surface area contributed by atoms with Crippen LogP contribution in [0, 0.1) is 5.92 Å². The molecule has 0 N–H and O–H groups in total. The van der Waals surface area contributed by atoms with Crippen molar-refractivity contribution in [2.24, 2.45) is 10.9 Å². The van der Waals surface area contributed by atoms with Crippen LogP contribution in [-0.4, -0.2) is 59.3 Å². The molecule has 1 aromatic rings. The number of esters is 2. The highest BCUT2D eigenvalue weighted by Gasteiger charge is 2.44. The van der Waals surface area contributed by atoms with E-state index in [2.05, 4.69) is 20.9 Å². The third kappa shape index (κ3) is 4.63. The Morgan fingerprint density at radius 1 is 1.00 bits per heavy atom. The number of nitrogens with zero attached hydrogens (tertiary/aromatic N) is 1. The first-order valence-corrected chi connectivity index (χ1v) is 8.97. The van der Waals surface area contributed by atoms with Crippen molar-refractivity contribution in [3.63, 3.8) is 0 Å².